The fourth-order valence-corrected chi connectivity index (χ4v) is 1.99. The zero-order chi connectivity index (χ0) is 13.8. The summed E-state index contributed by atoms with van der Waals surface area (Å²) in [7, 11) is 3.48. The maximum Gasteiger partial charge on any atom is 0.166 e. The summed E-state index contributed by atoms with van der Waals surface area (Å²) in [6.07, 6.45) is 3.48. The number of hydrogen-bond acceptors (Lipinski definition) is 4. The van der Waals surface area contributed by atoms with Crippen molar-refractivity contribution in [3.05, 3.63) is 40.9 Å². The van der Waals surface area contributed by atoms with E-state index in [1.54, 1.807) is 31.8 Å². The number of benzene rings is 1. The molecule has 6 heteroatoms. The minimum absolute atomic E-state index is 0.331. The van der Waals surface area contributed by atoms with Crippen molar-refractivity contribution >= 4 is 11.6 Å². The second-order valence-electron chi connectivity index (χ2n) is 4.08. The van der Waals surface area contributed by atoms with Crippen molar-refractivity contribution in [2.24, 2.45) is 12.8 Å². The molecule has 102 valence electrons. The topological polar surface area (TPSA) is 62.3 Å². The molecule has 2 N–H and O–H groups in total. The zero-order valence-electron chi connectivity index (χ0n) is 10.9. The fourth-order valence-electron chi connectivity index (χ4n) is 1.76. The monoisotopic (exact) mass is 281 g/mol. The summed E-state index contributed by atoms with van der Waals surface area (Å²) in [5.74, 6) is 1.20. The van der Waals surface area contributed by atoms with Crippen molar-refractivity contribution in [2.75, 3.05) is 7.11 Å². The zero-order valence-corrected chi connectivity index (χ0v) is 11.6. The summed E-state index contributed by atoms with van der Waals surface area (Å²) in [4.78, 5) is 4.04. The number of nitrogens with zero attached hydrogens (tertiary/aromatic N) is 2. The highest BCUT2D eigenvalue weighted by atomic mass is 35.5. The molecule has 0 saturated carbocycles. The third kappa shape index (κ3) is 3.00. The predicted octanol–water partition coefficient (Wildman–Crippen LogP) is 2.12. The van der Waals surface area contributed by atoms with E-state index >= 15 is 0 Å². The van der Waals surface area contributed by atoms with Crippen LogP contribution in [0.2, 0.25) is 5.02 Å². The summed E-state index contributed by atoms with van der Waals surface area (Å²) >= 11 is 6.00. The highest BCUT2D eigenvalue weighted by Gasteiger charge is 2.12. The lowest BCUT2D eigenvalue weighted by Gasteiger charge is -2.15. The molecule has 0 aliphatic heterocycles. The third-order valence-electron chi connectivity index (χ3n) is 2.82. The van der Waals surface area contributed by atoms with Gasteiger partial charge in [-0.2, -0.15) is 0 Å². The molecule has 1 aromatic carbocycles. The van der Waals surface area contributed by atoms with E-state index in [2.05, 4.69) is 4.98 Å². The van der Waals surface area contributed by atoms with Crippen molar-refractivity contribution in [3.63, 3.8) is 0 Å². The second kappa shape index (κ2) is 5.95. The molecule has 0 aliphatic carbocycles. The Balaban J connectivity index is 2.26. The van der Waals surface area contributed by atoms with Gasteiger partial charge in [-0.25, -0.2) is 4.98 Å². The first-order chi connectivity index (χ1) is 9.15. The smallest absolute Gasteiger partial charge is 0.166 e. The highest BCUT2D eigenvalue weighted by Crippen LogP contribution is 2.35. The lowest BCUT2D eigenvalue weighted by atomic mass is 10.2. The Morgan fingerprint density at radius 2 is 2.21 bits per heavy atom. The lowest BCUT2D eigenvalue weighted by molar-refractivity contribution is 0.274. The van der Waals surface area contributed by atoms with Crippen LogP contribution >= 0.6 is 11.6 Å². The second-order valence-corrected chi connectivity index (χ2v) is 4.52. The molecule has 19 heavy (non-hydrogen) atoms. The molecule has 0 saturated heterocycles. The van der Waals surface area contributed by atoms with Gasteiger partial charge in [-0.15, -0.1) is 0 Å². The quantitative estimate of drug-likeness (QED) is 0.912. The van der Waals surface area contributed by atoms with Gasteiger partial charge in [0.25, 0.3) is 0 Å². The summed E-state index contributed by atoms with van der Waals surface area (Å²) in [5.41, 5.74) is 7.48. The Hall–Kier alpha value is -1.72. The van der Waals surface area contributed by atoms with Gasteiger partial charge in [0.05, 0.1) is 25.3 Å². The van der Waals surface area contributed by atoms with Crippen LogP contribution in [0.1, 0.15) is 11.3 Å². The number of methoxy groups -OCH3 is 1. The molecular weight excluding hydrogens is 266 g/mol. The number of nitrogens with two attached hydrogens (primary N) is 1. The van der Waals surface area contributed by atoms with E-state index in [0.29, 0.717) is 29.7 Å². The van der Waals surface area contributed by atoms with E-state index in [0.717, 1.165) is 11.3 Å². The van der Waals surface area contributed by atoms with Crippen molar-refractivity contribution in [1.82, 2.24) is 9.55 Å². The molecule has 0 aliphatic rings. The molecule has 0 spiro atoms. The average molecular weight is 282 g/mol. The average Bonchev–Trinajstić information content (AvgIpc) is 2.81. The first kappa shape index (κ1) is 13.7. The van der Waals surface area contributed by atoms with Crippen LogP contribution in [0.3, 0.4) is 0 Å². The summed E-state index contributed by atoms with van der Waals surface area (Å²) in [6.45, 7) is 0.721. The highest BCUT2D eigenvalue weighted by molar-refractivity contribution is 6.30. The number of imidazole rings is 1. The Bertz CT molecular complexity index is 544. The molecule has 0 unspecified atom stereocenters. The van der Waals surface area contributed by atoms with Gasteiger partial charge in [-0.05, 0) is 6.07 Å². The van der Waals surface area contributed by atoms with Gasteiger partial charge in [-0.3, -0.25) is 0 Å². The van der Waals surface area contributed by atoms with Crippen LogP contribution in [0.5, 0.6) is 11.5 Å². The Kier molecular flexibility index (Phi) is 4.29. The number of hydrogen-bond donors (Lipinski definition) is 1. The summed E-state index contributed by atoms with van der Waals surface area (Å²) in [6, 6.07) is 3.49. The van der Waals surface area contributed by atoms with Crippen LogP contribution in [-0.2, 0) is 20.2 Å². The normalized spacial score (nSPS) is 10.5. The minimum atomic E-state index is 0.331. The van der Waals surface area contributed by atoms with Crippen LogP contribution in [-0.4, -0.2) is 16.7 Å². The molecule has 2 aromatic rings. The van der Waals surface area contributed by atoms with Crippen LogP contribution in [0.15, 0.2) is 24.7 Å². The molecule has 1 aromatic heterocycles. The molecule has 0 amide bonds. The maximum atomic E-state index is 6.00. The Morgan fingerprint density at radius 1 is 1.42 bits per heavy atom. The lowest BCUT2D eigenvalue weighted by Crippen LogP contribution is -2.06. The van der Waals surface area contributed by atoms with Crippen LogP contribution in [0.4, 0.5) is 0 Å². The summed E-state index contributed by atoms with van der Waals surface area (Å²) in [5, 5.41) is 0.574. The molecule has 0 fully saturated rings. The molecule has 1 heterocycles. The van der Waals surface area contributed by atoms with Gasteiger partial charge in [0.1, 0.15) is 6.61 Å². The minimum Gasteiger partial charge on any atom is -0.493 e. The number of aryl methyl sites for hydroxylation is 1. The van der Waals surface area contributed by atoms with E-state index in [9.17, 15) is 0 Å². The third-order valence-corrected chi connectivity index (χ3v) is 3.04. The van der Waals surface area contributed by atoms with Crippen molar-refractivity contribution in [2.45, 2.75) is 13.2 Å². The SMILES string of the molecule is COc1cc(Cl)cc(CN)c1OCc1cncn1C. The molecule has 0 bridgehead atoms. The summed E-state index contributed by atoms with van der Waals surface area (Å²) < 4.78 is 13.0. The van der Waals surface area contributed by atoms with Gasteiger partial charge in [0.15, 0.2) is 11.5 Å². The fraction of sp³-hybridized carbons (Fsp3) is 0.308. The Labute approximate surface area is 116 Å². The van der Waals surface area contributed by atoms with Gasteiger partial charge >= 0.3 is 0 Å². The van der Waals surface area contributed by atoms with Gasteiger partial charge in [0, 0.05) is 30.2 Å². The van der Waals surface area contributed by atoms with Crippen molar-refractivity contribution < 1.29 is 9.47 Å². The molecule has 0 atom stereocenters. The largest absolute Gasteiger partial charge is 0.493 e. The first-order valence-corrected chi connectivity index (χ1v) is 6.18. The van der Waals surface area contributed by atoms with E-state index < -0.39 is 0 Å². The van der Waals surface area contributed by atoms with E-state index in [1.807, 2.05) is 11.6 Å². The molecular formula is C13H16ClN3O2. The maximum absolute atomic E-state index is 6.00. The number of aromatic nitrogens is 2. The number of halogens is 1. The van der Waals surface area contributed by atoms with Gasteiger partial charge in [-0.1, -0.05) is 11.6 Å². The van der Waals surface area contributed by atoms with Crippen molar-refractivity contribution in [3.8, 4) is 11.5 Å². The van der Waals surface area contributed by atoms with E-state index in [1.165, 1.54) is 0 Å². The van der Waals surface area contributed by atoms with Gasteiger partial charge < -0.3 is 19.8 Å². The van der Waals surface area contributed by atoms with E-state index in [-0.39, 0.29) is 0 Å². The van der Waals surface area contributed by atoms with Crippen LogP contribution in [0.25, 0.3) is 0 Å². The van der Waals surface area contributed by atoms with Crippen LogP contribution in [0, 0.1) is 0 Å². The van der Waals surface area contributed by atoms with Crippen molar-refractivity contribution in [1.29, 1.82) is 0 Å². The number of ether oxygens (including phenoxy) is 2. The molecule has 0 radical (unpaired) electrons. The Morgan fingerprint density at radius 3 is 2.79 bits per heavy atom. The predicted molar refractivity (Wildman–Crippen MR) is 73.4 cm³/mol. The molecule has 2 rings (SSSR count). The van der Waals surface area contributed by atoms with Crippen LogP contribution < -0.4 is 15.2 Å². The first-order valence-electron chi connectivity index (χ1n) is 5.80. The van der Waals surface area contributed by atoms with Gasteiger partial charge in [0.2, 0.25) is 0 Å². The molecule has 5 nitrogen and oxygen atoms in total. The van der Waals surface area contributed by atoms with E-state index in [4.69, 9.17) is 26.8 Å². The number of rotatable bonds is 5. The standard InChI is InChI=1S/C13H16ClN3O2/c1-17-8-16-6-11(17)7-19-13-9(5-15)3-10(14)4-12(13)18-2/h3-4,6,8H,5,7,15H2,1-2H3.